The highest BCUT2D eigenvalue weighted by Gasteiger charge is 2.18. The second-order valence-corrected chi connectivity index (χ2v) is 7.57. The van der Waals surface area contributed by atoms with E-state index < -0.39 is 11.5 Å². The van der Waals surface area contributed by atoms with Crippen LogP contribution in [0, 0.1) is 0 Å². The van der Waals surface area contributed by atoms with E-state index in [4.69, 9.17) is 32.4 Å². The maximum atomic E-state index is 12.6. The minimum absolute atomic E-state index is 0.151. The molecule has 162 valence electrons. The molecule has 2 amide bonds. The van der Waals surface area contributed by atoms with Crippen molar-refractivity contribution in [3.63, 3.8) is 0 Å². The monoisotopic (exact) mass is 462 g/mol. The fraction of sp³-hybridized carbons (Fsp3) is 0.227. The summed E-state index contributed by atoms with van der Waals surface area (Å²) in [6.45, 7) is 1.87. The molecule has 3 aromatic rings. The zero-order valence-corrected chi connectivity index (χ0v) is 18.2. The Hall–Kier alpha value is -3.03. The van der Waals surface area contributed by atoms with Crippen LogP contribution in [0.3, 0.4) is 0 Å². The summed E-state index contributed by atoms with van der Waals surface area (Å²) in [5.41, 5.74) is 0.303. The number of rotatable bonds is 8. The normalized spacial score (nSPS) is 10.7. The van der Waals surface area contributed by atoms with Gasteiger partial charge in [0.25, 0.3) is 5.91 Å². The maximum Gasteiger partial charge on any atom is 0.336 e. The van der Waals surface area contributed by atoms with E-state index in [1.807, 2.05) is 6.92 Å². The molecule has 31 heavy (non-hydrogen) atoms. The lowest BCUT2D eigenvalue weighted by Crippen LogP contribution is -2.41. The Morgan fingerprint density at radius 3 is 2.61 bits per heavy atom. The minimum atomic E-state index is -0.471. The lowest BCUT2D eigenvalue weighted by molar-refractivity contribution is -0.136. The van der Waals surface area contributed by atoms with Crippen molar-refractivity contribution in [3.05, 3.63) is 69.0 Å². The number of fused-ring (bicyclic) bond motifs is 1. The molecular formula is C22H20Cl2N2O5. The molecule has 1 heterocycles. The van der Waals surface area contributed by atoms with Gasteiger partial charge < -0.3 is 19.4 Å². The Balaban J connectivity index is 1.61. The third-order valence-corrected chi connectivity index (χ3v) is 4.89. The summed E-state index contributed by atoms with van der Waals surface area (Å²) in [6, 6.07) is 12.6. The molecule has 0 aliphatic rings. The van der Waals surface area contributed by atoms with Crippen LogP contribution in [0.4, 0.5) is 5.69 Å². The first-order valence-electron chi connectivity index (χ1n) is 9.55. The summed E-state index contributed by atoms with van der Waals surface area (Å²) < 4.78 is 10.7. The first-order chi connectivity index (χ1) is 14.9. The van der Waals surface area contributed by atoms with Gasteiger partial charge in [-0.05, 0) is 42.8 Å². The predicted octanol–water partition coefficient (Wildman–Crippen LogP) is 4.36. The summed E-state index contributed by atoms with van der Waals surface area (Å²) in [6.07, 6.45) is 0.669. The van der Waals surface area contributed by atoms with Crippen LogP contribution in [-0.2, 0) is 9.59 Å². The summed E-state index contributed by atoms with van der Waals surface area (Å²) in [5, 5.41) is 4.17. The van der Waals surface area contributed by atoms with Gasteiger partial charge in [-0.1, -0.05) is 30.1 Å². The Morgan fingerprint density at radius 2 is 1.87 bits per heavy atom. The Morgan fingerprint density at radius 1 is 1.10 bits per heavy atom. The quantitative estimate of drug-likeness (QED) is 0.502. The Bertz CT molecular complexity index is 1160. The fourth-order valence-electron chi connectivity index (χ4n) is 2.88. The smallest absolute Gasteiger partial charge is 0.336 e. The van der Waals surface area contributed by atoms with Gasteiger partial charge in [-0.3, -0.25) is 9.59 Å². The van der Waals surface area contributed by atoms with E-state index in [2.05, 4.69) is 5.32 Å². The van der Waals surface area contributed by atoms with Crippen molar-refractivity contribution in [3.8, 4) is 5.75 Å². The van der Waals surface area contributed by atoms with Crippen LogP contribution in [-0.4, -0.2) is 36.4 Å². The molecule has 3 rings (SSSR count). The molecule has 0 fully saturated rings. The number of carbonyl (C=O) groups excluding carboxylic acids is 2. The van der Waals surface area contributed by atoms with Crippen molar-refractivity contribution in [1.29, 1.82) is 0 Å². The predicted molar refractivity (Wildman–Crippen MR) is 120 cm³/mol. The van der Waals surface area contributed by atoms with E-state index in [0.29, 0.717) is 40.0 Å². The van der Waals surface area contributed by atoms with Crippen LogP contribution in [0.2, 0.25) is 10.0 Å². The van der Waals surface area contributed by atoms with Gasteiger partial charge >= 0.3 is 5.63 Å². The largest absolute Gasteiger partial charge is 0.484 e. The van der Waals surface area contributed by atoms with Crippen molar-refractivity contribution in [1.82, 2.24) is 4.90 Å². The van der Waals surface area contributed by atoms with Crippen LogP contribution in [0.1, 0.15) is 13.3 Å². The van der Waals surface area contributed by atoms with E-state index in [1.54, 1.807) is 36.4 Å². The highest BCUT2D eigenvalue weighted by molar-refractivity contribution is 6.36. The van der Waals surface area contributed by atoms with Crippen molar-refractivity contribution in [2.75, 3.05) is 25.0 Å². The molecule has 1 N–H and O–H groups in total. The SMILES string of the molecule is CCCN(CC(=O)Nc1ccc(Cl)cc1Cl)C(=O)COc1ccc2ccc(=O)oc2c1. The maximum absolute atomic E-state index is 12.6. The van der Waals surface area contributed by atoms with Crippen molar-refractivity contribution >= 4 is 51.7 Å². The van der Waals surface area contributed by atoms with Gasteiger partial charge in [0.05, 0.1) is 17.3 Å². The molecule has 0 radical (unpaired) electrons. The van der Waals surface area contributed by atoms with Gasteiger partial charge in [0.2, 0.25) is 5.91 Å². The molecule has 7 nitrogen and oxygen atoms in total. The number of benzene rings is 2. The first kappa shape index (κ1) is 22.7. The zero-order chi connectivity index (χ0) is 22.4. The standard InChI is InChI=1S/C22H20Cl2N2O5/c1-2-9-26(12-20(27)25-18-7-5-15(23)10-17(18)24)21(28)13-30-16-6-3-14-4-8-22(29)31-19(14)11-16/h3-8,10-11H,2,9,12-13H2,1H3,(H,25,27). The van der Waals surface area contributed by atoms with E-state index >= 15 is 0 Å². The van der Waals surface area contributed by atoms with Crippen LogP contribution in [0.25, 0.3) is 11.0 Å². The van der Waals surface area contributed by atoms with E-state index in [0.717, 1.165) is 5.39 Å². The number of hydrogen-bond donors (Lipinski definition) is 1. The molecule has 0 aliphatic carbocycles. The molecule has 0 bridgehead atoms. The van der Waals surface area contributed by atoms with Gasteiger partial charge in [0.15, 0.2) is 6.61 Å². The highest BCUT2D eigenvalue weighted by atomic mass is 35.5. The highest BCUT2D eigenvalue weighted by Crippen LogP contribution is 2.25. The van der Waals surface area contributed by atoms with E-state index in [9.17, 15) is 14.4 Å². The number of nitrogens with zero attached hydrogens (tertiary/aromatic N) is 1. The van der Waals surface area contributed by atoms with E-state index in [-0.39, 0.29) is 19.1 Å². The summed E-state index contributed by atoms with van der Waals surface area (Å²) >= 11 is 11.9. The fourth-order valence-corrected chi connectivity index (χ4v) is 3.34. The zero-order valence-electron chi connectivity index (χ0n) is 16.7. The average molecular weight is 463 g/mol. The molecule has 2 aromatic carbocycles. The van der Waals surface area contributed by atoms with E-state index in [1.165, 1.54) is 17.0 Å². The summed E-state index contributed by atoms with van der Waals surface area (Å²) in [4.78, 5) is 37.8. The molecule has 0 saturated carbocycles. The lowest BCUT2D eigenvalue weighted by atomic mass is 10.2. The van der Waals surface area contributed by atoms with Crippen LogP contribution in [0.15, 0.2) is 57.7 Å². The number of carbonyl (C=O) groups is 2. The topological polar surface area (TPSA) is 88.9 Å². The number of ether oxygens (including phenoxy) is 1. The van der Waals surface area contributed by atoms with Gasteiger partial charge in [-0.2, -0.15) is 0 Å². The van der Waals surface area contributed by atoms with Crippen molar-refractivity contribution in [2.24, 2.45) is 0 Å². The van der Waals surface area contributed by atoms with Gasteiger partial charge in [-0.15, -0.1) is 0 Å². The Kier molecular flexibility index (Phi) is 7.55. The summed E-state index contributed by atoms with van der Waals surface area (Å²) in [5.74, 6) is -0.364. The molecule has 0 atom stereocenters. The molecule has 1 aromatic heterocycles. The third-order valence-electron chi connectivity index (χ3n) is 4.34. The van der Waals surface area contributed by atoms with Crippen molar-refractivity contribution in [2.45, 2.75) is 13.3 Å². The van der Waals surface area contributed by atoms with Crippen LogP contribution in [0.5, 0.6) is 5.75 Å². The number of amides is 2. The van der Waals surface area contributed by atoms with Crippen molar-refractivity contribution < 1.29 is 18.7 Å². The van der Waals surface area contributed by atoms with Crippen LogP contribution >= 0.6 is 23.2 Å². The van der Waals surface area contributed by atoms with Gasteiger partial charge in [0, 0.05) is 29.1 Å². The second kappa shape index (κ2) is 10.3. The molecule has 9 heteroatoms. The van der Waals surface area contributed by atoms with Gasteiger partial charge in [-0.25, -0.2) is 4.79 Å². The first-order valence-corrected chi connectivity index (χ1v) is 10.3. The number of nitrogens with one attached hydrogen (secondary N) is 1. The summed E-state index contributed by atoms with van der Waals surface area (Å²) in [7, 11) is 0. The molecule has 0 saturated heterocycles. The molecule has 0 spiro atoms. The molecule has 0 unspecified atom stereocenters. The number of hydrogen-bond acceptors (Lipinski definition) is 5. The minimum Gasteiger partial charge on any atom is -0.484 e. The second-order valence-electron chi connectivity index (χ2n) is 6.73. The molecular weight excluding hydrogens is 443 g/mol. The lowest BCUT2D eigenvalue weighted by Gasteiger charge is -2.22. The van der Waals surface area contributed by atoms with Gasteiger partial charge in [0.1, 0.15) is 11.3 Å². The number of halogens is 2. The van der Waals surface area contributed by atoms with Crippen LogP contribution < -0.4 is 15.7 Å². The Labute approximate surface area is 188 Å². The third kappa shape index (κ3) is 6.23. The average Bonchev–Trinajstić information content (AvgIpc) is 2.73. The molecule has 0 aliphatic heterocycles. The number of anilines is 1.